The van der Waals surface area contributed by atoms with E-state index >= 15 is 0 Å². The summed E-state index contributed by atoms with van der Waals surface area (Å²) < 4.78 is 0. The molecule has 0 aromatic carbocycles. The summed E-state index contributed by atoms with van der Waals surface area (Å²) in [4.78, 5) is 23.3. The van der Waals surface area contributed by atoms with Crippen LogP contribution < -0.4 is 5.32 Å². The Hall–Kier alpha value is -1.54. The van der Waals surface area contributed by atoms with Crippen LogP contribution in [-0.4, -0.2) is 48.1 Å². The van der Waals surface area contributed by atoms with Crippen molar-refractivity contribution in [2.75, 3.05) is 26.2 Å². The number of carbonyl (C=O) groups excluding carboxylic acids is 1. The molecule has 5 heteroatoms. The van der Waals surface area contributed by atoms with E-state index in [4.69, 9.17) is 11.5 Å². The highest BCUT2D eigenvalue weighted by Gasteiger charge is 2.12. The molecule has 84 valence electrons. The van der Waals surface area contributed by atoms with Crippen molar-refractivity contribution >= 4 is 11.9 Å². The summed E-state index contributed by atoms with van der Waals surface area (Å²) in [6.45, 7) is 2.62. The zero-order valence-electron chi connectivity index (χ0n) is 8.82. The third kappa shape index (κ3) is 7.52. The van der Waals surface area contributed by atoms with Gasteiger partial charge in [0.25, 0.3) is 0 Å². The quantitative estimate of drug-likeness (QED) is 0.560. The molecule has 0 bridgehead atoms. The number of hydrogen-bond donors (Lipinski definition) is 2. The number of nitrogens with one attached hydrogen (secondary N) is 1. The number of carboxylic acid groups (broad SMARTS) is 1. The number of amides is 1. The Morgan fingerprint density at radius 2 is 2.13 bits per heavy atom. The minimum absolute atomic E-state index is 0.0713. The minimum atomic E-state index is -0.937. The van der Waals surface area contributed by atoms with Crippen LogP contribution in [0, 0.1) is 12.3 Å². The highest BCUT2D eigenvalue weighted by molar-refractivity contribution is 5.79. The van der Waals surface area contributed by atoms with E-state index in [1.807, 2.05) is 6.92 Å². The van der Waals surface area contributed by atoms with Gasteiger partial charge in [-0.1, -0.05) is 12.8 Å². The Labute approximate surface area is 89.4 Å². The average molecular weight is 212 g/mol. The van der Waals surface area contributed by atoms with E-state index in [1.54, 1.807) is 4.90 Å². The van der Waals surface area contributed by atoms with Crippen LogP contribution >= 0.6 is 0 Å². The fourth-order valence-electron chi connectivity index (χ4n) is 1.13. The predicted molar refractivity (Wildman–Crippen MR) is 56.2 cm³/mol. The van der Waals surface area contributed by atoms with Gasteiger partial charge in [-0.25, -0.2) is 0 Å². The Morgan fingerprint density at radius 3 is 2.60 bits per heavy atom. The van der Waals surface area contributed by atoms with Crippen LogP contribution in [-0.2, 0) is 9.59 Å². The fraction of sp³-hybridized carbons (Fsp3) is 0.600. The molecule has 5 nitrogen and oxygen atoms in total. The Morgan fingerprint density at radius 1 is 1.47 bits per heavy atom. The van der Waals surface area contributed by atoms with Gasteiger partial charge in [-0.3, -0.25) is 14.5 Å². The number of terminal acetylenes is 1. The molecule has 0 saturated heterocycles. The number of hydrogen-bond acceptors (Lipinski definition) is 3. The molecular weight excluding hydrogens is 196 g/mol. The van der Waals surface area contributed by atoms with Crippen molar-refractivity contribution in [3.63, 3.8) is 0 Å². The molecule has 1 amide bonds. The van der Waals surface area contributed by atoms with Gasteiger partial charge in [0.15, 0.2) is 0 Å². The van der Waals surface area contributed by atoms with E-state index in [9.17, 15) is 9.59 Å². The lowest BCUT2D eigenvalue weighted by molar-refractivity contribution is -0.138. The molecule has 0 rings (SSSR count). The normalized spacial score (nSPS) is 9.67. The van der Waals surface area contributed by atoms with Crippen LogP contribution in [0.4, 0.5) is 0 Å². The monoisotopic (exact) mass is 212 g/mol. The van der Waals surface area contributed by atoms with Gasteiger partial charge >= 0.3 is 5.97 Å². The van der Waals surface area contributed by atoms with Crippen molar-refractivity contribution in [2.24, 2.45) is 0 Å². The predicted octanol–water partition coefficient (Wildman–Crippen LogP) is -0.468. The average Bonchev–Trinajstić information content (AvgIpc) is 2.14. The Balaban J connectivity index is 3.98. The van der Waals surface area contributed by atoms with Gasteiger partial charge in [0.05, 0.1) is 19.6 Å². The molecule has 0 aromatic heterocycles. The summed E-state index contributed by atoms with van der Waals surface area (Å²) in [5.41, 5.74) is 0. The summed E-state index contributed by atoms with van der Waals surface area (Å²) in [7, 11) is 0. The van der Waals surface area contributed by atoms with Crippen LogP contribution in [0.25, 0.3) is 0 Å². The van der Waals surface area contributed by atoms with E-state index in [1.165, 1.54) is 0 Å². The molecule has 0 radical (unpaired) electrons. The number of rotatable bonds is 7. The van der Waals surface area contributed by atoms with Gasteiger partial charge in [-0.2, -0.15) is 0 Å². The molecule has 0 fully saturated rings. The molecule has 0 aliphatic rings. The lowest BCUT2D eigenvalue weighted by Crippen LogP contribution is -2.40. The van der Waals surface area contributed by atoms with E-state index in [0.717, 1.165) is 6.42 Å². The van der Waals surface area contributed by atoms with E-state index in [0.29, 0.717) is 6.54 Å². The summed E-state index contributed by atoms with van der Waals surface area (Å²) in [6.07, 6.45) is 5.78. The SMILES string of the molecule is C#CCNC(=O)CN(CCC)CC(=O)O. The van der Waals surface area contributed by atoms with Gasteiger partial charge in [-0.15, -0.1) is 6.42 Å². The largest absolute Gasteiger partial charge is 0.480 e. The maximum atomic E-state index is 11.2. The third-order valence-corrected chi connectivity index (χ3v) is 1.65. The van der Waals surface area contributed by atoms with Crippen molar-refractivity contribution in [1.29, 1.82) is 0 Å². The number of carboxylic acids is 1. The molecule has 0 atom stereocenters. The maximum absolute atomic E-state index is 11.2. The van der Waals surface area contributed by atoms with E-state index in [2.05, 4.69) is 11.2 Å². The standard InChI is InChI=1S/C10H16N2O3/c1-3-5-11-9(13)7-12(6-4-2)8-10(14)15/h1H,4-8H2,2H3,(H,11,13)(H,14,15). The molecule has 0 unspecified atom stereocenters. The van der Waals surface area contributed by atoms with Crippen LogP contribution in [0.2, 0.25) is 0 Å². The highest BCUT2D eigenvalue weighted by atomic mass is 16.4. The van der Waals surface area contributed by atoms with E-state index in [-0.39, 0.29) is 25.5 Å². The molecular formula is C10H16N2O3. The zero-order chi connectivity index (χ0) is 11.7. The molecule has 0 heterocycles. The van der Waals surface area contributed by atoms with Crippen LogP contribution in [0.5, 0.6) is 0 Å². The molecule has 0 aliphatic carbocycles. The number of nitrogens with zero attached hydrogens (tertiary/aromatic N) is 1. The van der Waals surface area contributed by atoms with Gasteiger partial charge in [0.2, 0.25) is 5.91 Å². The van der Waals surface area contributed by atoms with Gasteiger partial charge < -0.3 is 10.4 Å². The molecule has 0 aromatic rings. The van der Waals surface area contributed by atoms with Crippen LogP contribution in [0.15, 0.2) is 0 Å². The van der Waals surface area contributed by atoms with Crippen molar-refractivity contribution in [2.45, 2.75) is 13.3 Å². The smallest absolute Gasteiger partial charge is 0.317 e. The fourth-order valence-corrected chi connectivity index (χ4v) is 1.13. The number of aliphatic carboxylic acids is 1. The second kappa shape index (κ2) is 7.83. The summed E-state index contributed by atoms with van der Waals surface area (Å²) >= 11 is 0. The topological polar surface area (TPSA) is 69.6 Å². The molecule has 0 spiro atoms. The second-order valence-corrected chi connectivity index (χ2v) is 3.09. The Kier molecular flexibility index (Phi) is 7.02. The summed E-state index contributed by atoms with van der Waals surface area (Å²) in [5, 5.41) is 11.1. The summed E-state index contributed by atoms with van der Waals surface area (Å²) in [6, 6.07) is 0. The van der Waals surface area contributed by atoms with E-state index < -0.39 is 5.97 Å². The zero-order valence-corrected chi connectivity index (χ0v) is 8.82. The summed E-state index contributed by atoms with van der Waals surface area (Å²) in [5.74, 6) is 1.09. The van der Waals surface area contributed by atoms with Gasteiger partial charge in [0, 0.05) is 0 Å². The molecule has 2 N–H and O–H groups in total. The first-order chi connectivity index (χ1) is 7.10. The molecule has 0 saturated carbocycles. The molecule has 0 aliphatic heterocycles. The van der Waals surface area contributed by atoms with Gasteiger partial charge in [0.1, 0.15) is 0 Å². The van der Waals surface area contributed by atoms with Crippen LogP contribution in [0.3, 0.4) is 0 Å². The van der Waals surface area contributed by atoms with Crippen molar-refractivity contribution in [3.8, 4) is 12.3 Å². The van der Waals surface area contributed by atoms with Gasteiger partial charge in [-0.05, 0) is 13.0 Å². The minimum Gasteiger partial charge on any atom is -0.480 e. The highest BCUT2D eigenvalue weighted by Crippen LogP contribution is 1.90. The lowest BCUT2D eigenvalue weighted by atomic mass is 10.3. The van der Waals surface area contributed by atoms with Crippen molar-refractivity contribution in [1.82, 2.24) is 10.2 Å². The first-order valence-electron chi connectivity index (χ1n) is 4.74. The first-order valence-corrected chi connectivity index (χ1v) is 4.74. The third-order valence-electron chi connectivity index (χ3n) is 1.65. The van der Waals surface area contributed by atoms with Crippen molar-refractivity contribution < 1.29 is 14.7 Å². The first kappa shape index (κ1) is 13.5. The number of carbonyl (C=O) groups is 2. The Bertz CT molecular complexity index is 258. The molecule has 15 heavy (non-hydrogen) atoms. The van der Waals surface area contributed by atoms with Crippen LogP contribution in [0.1, 0.15) is 13.3 Å². The van der Waals surface area contributed by atoms with Crippen molar-refractivity contribution in [3.05, 3.63) is 0 Å². The second-order valence-electron chi connectivity index (χ2n) is 3.09. The maximum Gasteiger partial charge on any atom is 0.317 e. The lowest BCUT2D eigenvalue weighted by Gasteiger charge is -2.18.